The van der Waals surface area contributed by atoms with E-state index in [2.05, 4.69) is 27.0 Å². The van der Waals surface area contributed by atoms with E-state index in [0.29, 0.717) is 5.15 Å². The van der Waals surface area contributed by atoms with Crippen molar-refractivity contribution in [2.75, 3.05) is 0 Å². The first-order valence-corrected chi connectivity index (χ1v) is 3.15. The van der Waals surface area contributed by atoms with E-state index in [-0.39, 0.29) is 0 Å². The number of pyridine rings is 1. The maximum Gasteiger partial charge on any atom is 0.130 e. The summed E-state index contributed by atoms with van der Waals surface area (Å²) < 4.78 is 0.831. The smallest absolute Gasteiger partial charge is 0.130 e. The van der Waals surface area contributed by atoms with Gasteiger partial charge >= 0.3 is 0 Å². The van der Waals surface area contributed by atoms with Gasteiger partial charge in [0.15, 0.2) is 0 Å². The zero-order valence-corrected chi connectivity index (χ0v) is 6.20. The second-order valence-electron chi connectivity index (χ2n) is 1.22. The van der Waals surface area contributed by atoms with Gasteiger partial charge in [-0.3, -0.25) is 0 Å². The van der Waals surface area contributed by atoms with E-state index < -0.39 is 0 Å². The van der Waals surface area contributed by atoms with E-state index in [4.69, 9.17) is 11.6 Å². The number of aromatic nitrogens is 1. The molecule has 0 unspecified atom stereocenters. The van der Waals surface area contributed by atoms with Crippen LogP contribution >= 0.6 is 27.5 Å². The molecule has 0 amide bonds. The fourth-order valence-corrected chi connectivity index (χ4v) is 0.948. The molecule has 41 valence electrons. The van der Waals surface area contributed by atoms with Gasteiger partial charge in [-0.05, 0) is 22.0 Å². The Bertz CT molecular complexity index is 172. The van der Waals surface area contributed by atoms with E-state index in [1.54, 1.807) is 6.07 Å². The maximum atomic E-state index is 5.48. The Kier molecular flexibility index (Phi) is 1.86. The van der Waals surface area contributed by atoms with Gasteiger partial charge in [0.1, 0.15) is 5.15 Å². The Hall–Kier alpha value is -0.0800. The van der Waals surface area contributed by atoms with Gasteiger partial charge in [0.05, 0.1) is 0 Å². The van der Waals surface area contributed by atoms with Crippen LogP contribution in [0.1, 0.15) is 0 Å². The number of rotatable bonds is 0. The predicted molar refractivity (Wildman–Crippen MR) is 35.8 cm³/mol. The van der Waals surface area contributed by atoms with Crippen molar-refractivity contribution in [3.05, 3.63) is 28.0 Å². The van der Waals surface area contributed by atoms with Gasteiger partial charge < -0.3 is 0 Å². The van der Waals surface area contributed by atoms with Crippen molar-refractivity contribution in [1.29, 1.82) is 0 Å². The third kappa shape index (κ3) is 1.46. The lowest BCUT2D eigenvalue weighted by atomic mass is 10.5. The van der Waals surface area contributed by atoms with Gasteiger partial charge in [0.2, 0.25) is 0 Å². The number of hydrogen-bond acceptors (Lipinski definition) is 1. The molecule has 0 aliphatic carbocycles. The summed E-state index contributed by atoms with van der Waals surface area (Å²) in [6, 6.07) is 4.48. The van der Waals surface area contributed by atoms with Crippen molar-refractivity contribution < 1.29 is 0 Å². The monoisotopic (exact) mass is 190 g/mol. The minimum Gasteiger partial charge on any atom is -0.244 e. The van der Waals surface area contributed by atoms with Crippen LogP contribution in [0.25, 0.3) is 0 Å². The molecular weight excluding hydrogens is 189 g/mol. The second-order valence-corrected chi connectivity index (χ2v) is 2.46. The molecule has 1 rings (SSSR count). The van der Waals surface area contributed by atoms with Crippen molar-refractivity contribution >= 4 is 27.5 Å². The summed E-state index contributed by atoms with van der Waals surface area (Å²) in [6.45, 7) is 0. The summed E-state index contributed by atoms with van der Waals surface area (Å²) in [7, 11) is 0. The fourth-order valence-electron chi connectivity index (χ4n) is 0.339. The molecule has 0 bridgehead atoms. The summed E-state index contributed by atoms with van der Waals surface area (Å²) in [6.07, 6.45) is 1.52. The first-order chi connectivity index (χ1) is 3.79. The first-order valence-electron chi connectivity index (χ1n) is 1.98. The van der Waals surface area contributed by atoms with Crippen LogP contribution in [0.2, 0.25) is 5.15 Å². The quantitative estimate of drug-likeness (QED) is 0.574. The minimum atomic E-state index is 0.482. The van der Waals surface area contributed by atoms with Crippen LogP contribution in [-0.2, 0) is 0 Å². The molecule has 1 heterocycles. The van der Waals surface area contributed by atoms with Crippen molar-refractivity contribution in [2.24, 2.45) is 0 Å². The molecule has 0 aliphatic heterocycles. The molecule has 1 aromatic heterocycles. The molecule has 0 atom stereocenters. The van der Waals surface area contributed by atoms with Crippen molar-refractivity contribution in [2.45, 2.75) is 0 Å². The Balaban J connectivity index is 3.08. The van der Waals surface area contributed by atoms with Crippen LogP contribution in [0.3, 0.4) is 0 Å². The minimum absolute atomic E-state index is 0.482. The molecule has 1 radical (unpaired) electrons. The molecule has 1 nitrogen and oxygen atoms in total. The molecule has 0 spiro atoms. The van der Waals surface area contributed by atoms with Crippen molar-refractivity contribution in [1.82, 2.24) is 4.98 Å². The first kappa shape index (κ1) is 6.05. The lowest BCUT2D eigenvalue weighted by molar-refractivity contribution is 1.31. The van der Waals surface area contributed by atoms with Crippen LogP contribution in [0, 0.1) is 6.07 Å². The molecule has 0 aliphatic rings. The van der Waals surface area contributed by atoms with Crippen LogP contribution < -0.4 is 0 Å². The van der Waals surface area contributed by atoms with Gasteiger partial charge in [-0.1, -0.05) is 11.6 Å². The van der Waals surface area contributed by atoms with Crippen molar-refractivity contribution in [3.63, 3.8) is 0 Å². The zero-order valence-electron chi connectivity index (χ0n) is 3.86. The van der Waals surface area contributed by atoms with Gasteiger partial charge in [-0.15, -0.1) is 0 Å². The zero-order chi connectivity index (χ0) is 5.98. The molecule has 1 aromatic rings. The summed E-state index contributed by atoms with van der Waals surface area (Å²) in [5, 5.41) is 0.482. The highest BCUT2D eigenvalue weighted by Gasteiger charge is 1.86. The van der Waals surface area contributed by atoms with Crippen LogP contribution in [0.4, 0.5) is 0 Å². The molecule has 0 fully saturated rings. The lowest BCUT2D eigenvalue weighted by Crippen LogP contribution is -1.70. The highest BCUT2D eigenvalue weighted by molar-refractivity contribution is 9.10. The fraction of sp³-hybridized carbons (Fsp3) is 0. The summed E-state index contributed by atoms with van der Waals surface area (Å²) >= 11 is 8.67. The molecule has 3 heteroatoms. The normalized spacial score (nSPS) is 9.25. The van der Waals surface area contributed by atoms with Crippen molar-refractivity contribution in [3.8, 4) is 0 Å². The lowest BCUT2D eigenvalue weighted by Gasteiger charge is -1.85. The predicted octanol–water partition coefficient (Wildman–Crippen LogP) is 2.30. The summed E-state index contributed by atoms with van der Waals surface area (Å²) in [5.41, 5.74) is 0. The third-order valence-electron chi connectivity index (χ3n) is 0.636. The number of hydrogen-bond donors (Lipinski definition) is 0. The van der Waals surface area contributed by atoms with E-state index in [0.717, 1.165) is 4.47 Å². The Morgan fingerprint density at radius 2 is 2.50 bits per heavy atom. The SMILES string of the molecule is Clc1cc(Br)[c]cn1. The highest BCUT2D eigenvalue weighted by Crippen LogP contribution is 2.11. The summed E-state index contributed by atoms with van der Waals surface area (Å²) in [4.78, 5) is 3.72. The maximum absolute atomic E-state index is 5.48. The Morgan fingerprint density at radius 3 is 2.88 bits per heavy atom. The Morgan fingerprint density at radius 1 is 1.75 bits per heavy atom. The molecular formula is C5H2BrClN. The van der Waals surface area contributed by atoms with Gasteiger partial charge in [-0.25, -0.2) is 4.98 Å². The van der Waals surface area contributed by atoms with Crippen LogP contribution in [0.5, 0.6) is 0 Å². The van der Waals surface area contributed by atoms with E-state index >= 15 is 0 Å². The van der Waals surface area contributed by atoms with Gasteiger partial charge in [0, 0.05) is 16.7 Å². The molecule has 0 saturated heterocycles. The molecule has 8 heavy (non-hydrogen) atoms. The average Bonchev–Trinajstić information content (AvgIpc) is 1.64. The van der Waals surface area contributed by atoms with E-state index in [9.17, 15) is 0 Å². The molecule has 0 N–H and O–H groups in total. The van der Waals surface area contributed by atoms with Gasteiger partial charge in [-0.2, -0.15) is 0 Å². The van der Waals surface area contributed by atoms with Crippen LogP contribution in [0.15, 0.2) is 16.7 Å². The van der Waals surface area contributed by atoms with E-state index in [1.807, 2.05) is 0 Å². The van der Waals surface area contributed by atoms with Crippen LogP contribution in [-0.4, -0.2) is 4.98 Å². The third-order valence-corrected chi connectivity index (χ3v) is 1.30. The van der Waals surface area contributed by atoms with Gasteiger partial charge in [0.25, 0.3) is 0 Å². The number of nitrogens with zero attached hydrogens (tertiary/aromatic N) is 1. The average molecular weight is 191 g/mol. The highest BCUT2D eigenvalue weighted by atomic mass is 79.9. The second kappa shape index (κ2) is 2.46. The molecule has 0 aromatic carbocycles. The Labute approximate surface area is 60.8 Å². The largest absolute Gasteiger partial charge is 0.244 e. The topological polar surface area (TPSA) is 12.9 Å². The number of halogens is 2. The standard InChI is InChI=1S/C5H2BrClN/c6-4-1-2-8-5(7)3-4/h2-3H. The van der Waals surface area contributed by atoms with E-state index in [1.165, 1.54) is 6.20 Å². The summed E-state index contributed by atoms with van der Waals surface area (Å²) in [5.74, 6) is 0. The molecule has 0 saturated carbocycles.